The molecule has 10 heteroatoms. The molecule has 4 rings (SSSR count). The van der Waals surface area contributed by atoms with Crippen molar-refractivity contribution in [3.05, 3.63) is 71.0 Å². The summed E-state index contributed by atoms with van der Waals surface area (Å²) in [6, 6.07) is 12.8. The van der Waals surface area contributed by atoms with Gasteiger partial charge in [0.25, 0.3) is 11.7 Å². The van der Waals surface area contributed by atoms with Gasteiger partial charge in [-0.3, -0.25) is 9.59 Å². The molecule has 2 heterocycles. The third kappa shape index (κ3) is 5.07. The van der Waals surface area contributed by atoms with Crippen LogP contribution in [0.25, 0.3) is 5.69 Å². The number of ketones is 1. The van der Waals surface area contributed by atoms with Crippen molar-refractivity contribution >= 4 is 23.1 Å². The summed E-state index contributed by atoms with van der Waals surface area (Å²) >= 11 is 0. The van der Waals surface area contributed by atoms with Crippen LogP contribution in [0.1, 0.15) is 27.3 Å². The first-order valence-electron chi connectivity index (χ1n) is 11.2. The second-order valence-corrected chi connectivity index (χ2v) is 8.59. The normalized spacial score (nSPS) is 14.7. The molecule has 0 radical (unpaired) electrons. The lowest BCUT2D eigenvalue weighted by atomic mass is 10.1. The van der Waals surface area contributed by atoms with Crippen LogP contribution < -0.4 is 10.2 Å². The van der Waals surface area contributed by atoms with Gasteiger partial charge in [-0.2, -0.15) is 18.3 Å². The first kappa shape index (κ1) is 24.5. The second kappa shape index (κ2) is 9.53. The van der Waals surface area contributed by atoms with Crippen LogP contribution >= 0.6 is 0 Å². The summed E-state index contributed by atoms with van der Waals surface area (Å²) in [5.74, 6) is -2.10. The molecule has 3 aromatic rings. The lowest BCUT2D eigenvalue weighted by Crippen LogP contribution is -2.44. The number of para-hydroxylation sites is 1. The van der Waals surface area contributed by atoms with Crippen molar-refractivity contribution in [2.45, 2.75) is 20.0 Å². The van der Waals surface area contributed by atoms with Gasteiger partial charge in [0.2, 0.25) is 0 Å². The first-order chi connectivity index (χ1) is 16.6. The minimum atomic E-state index is -4.71. The number of likely N-dealkylation sites (N-methyl/N-ethyl adjacent to an activating group) is 1. The molecular weight excluding hydrogens is 459 g/mol. The summed E-state index contributed by atoms with van der Waals surface area (Å²) in [7, 11) is 1.96. The van der Waals surface area contributed by atoms with Crippen molar-refractivity contribution in [1.82, 2.24) is 14.7 Å². The maximum absolute atomic E-state index is 13.9. The fraction of sp³-hybridized carbons (Fsp3) is 0.320. The molecule has 1 saturated heterocycles. The number of aryl methyl sites for hydroxylation is 1. The Bertz CT molecular complexity index is 1250. The minimum absolute atomic E-state index is 0.0639. The summed E-state index contributed by atoms with van der Waals surface area (Å²) in [4.78, 5) is 29.7. The highest BCUT2D eigenvalue weighted by Crippen LogP contribution is 2.37. The lowest BCUT2D eigenvalue weighted by Gasteiger charge is -2.34. The van der Waals surface area contributed by atoms with Gasteiger partial charge in [0.05, 0.1) is 33.9 Å². The van der Waals surface area contributed by atoms with Crippen molar-refractivity contribution < 1.29 is 22.8 Å². The zero-order valence-electron chi connectivity index (χ0n) is 19.7. The van der Waals surface area contributed by atoms with Crippen LogP contribution in [0.2, 0.25) is 0 Å². The molecule has 0 atom stereocenters. The predicted molar refractivity (Wildman–Crippen MR) is 127 cm³/mol. The van der Waals surface area contributed by atoms with Crippen LogP contribution in [0.4, 0.5) is 24.5 Å². The molecule has 1 N–H and O–H groups in total. The first-order valence-corrected chi connectivity index (χ1v) is 11.2. The Morgan fingerprint density at radius 3 is 2.23 bits per heavy atom. The van der Waals surface area contributed by atoms with Gasteiger partial charge in [0, 0.05) is 31.9 Å². The van der Waals surface area contributed by atoms with Crippen molar-refractivity contribution in [3.8, 4) is 5.69 Å². The van der Waals surface area contributed by atoms with Crippen LogP contribution in [0, 0.1) is 13.8 Å². The summed E-state index contributed by atoms with van der Waals surface area (Å²) in [6.45, 7) is 5.90. The van der Waals surface area contributed by atoms with E-state index >= 15 is 0 Å². The summed E-state index contributed by atoms with van der Waals surface area (Å²) in [5, 5.41) is 6.53. The van der Waals surface area contributed by atoms with E-state index in [1.165, 1.54) is 16.8 Å². The van der Waals surface area contributed by atoms with E-state index in [0.29, 0.717) is 35.9 Å². The monoisotopic (exact) mass is 485 g/mol. The van der Waals surface area contributed by atoms with Crippen LogP contribution in [0.5, 0.6) is 0 Å². The van der Waals surface area contributed by atoms with Crippen molar-refractivity contribution in [2.75, 3.05) is 43.4 Å². The lowest BCUT2D eigenvalue weighted by molar-refractivity contribution is -0.136. The van der Waals surface area contributed by atoms with Crippen molar-refractivity contribution in [3.63, 3.8) is 0 Å². The Morgan fingerprint density at radius 2 is 1.60 bits per heavy atom. The Morgan fingerprint density at radius 1 is 0.943 bits per heavy atom. The van der Waals surface area contributed by atoms with E-state index in [4.69, 9.17) is 0 Å². The Kier molecular flexibility index (Phi) is 6.66. The molecule has 2 aromatic carbocycles. The quantitative estimate of drug-likeness (QED) is 0.436. The number of amides is 1. The maximum Gasteiger partial charge on any atom is 0.418 e. The second-order valence-electron chi connectivity index (χ2n) is 8.59. The largest absolute Gasteiger partial charge is 0.418 e. The van der Waals surface area contributed by atoms with Gasteiger partial charge in [-0.15, -0.1) is 0 Å². The number of piperazine rings is 1. The van der Waals surface area contributed by atoms with E-state index in [0.717, 1.165) is 19.2 Å². The highest BCUT2D eigenvalue weighted by molar-refractivity contribution is 6.47. The Balaban J connectivity index is 1.60. The molecule has 0 saturated carbocycles. The average Bonchev–Trinajstić information content (AvgIpc) is 3.13. The molecule has 0 bridgehead atoms. The zero-order valence-corrected chi connectivity index (χ0v) is 19.7. The molecule has 184 valence electrons. The molecule has 1 aromatic heterocycles. The zero-order chi connectivity index (χ0) is 25.3. The van der Waals surface area contributed by atoms with Crippen LogP contribution in [-0.2, 0) is 11.0 Å². The van der Waals surface area contributed by atoms with Gasteiger partial charge in [-0.1, -0.05) is 18.2 Å². The van der Waals surface area contributed by atoms with Crippen LogP contribution in [-0.4, -0.2) is 59.6 Å². The van der Waals surface area contributed by atoms with Gasteiger partial charge < -0.3 is 15.1 Å². The van der Waals surface area contributed by atoms with Gasteiger partial charge in [0.15, 0.2) is 0 Å². The van der Waals surface area contributed by atoms with E-state index in [1.54, 1.807) is 26.0 Å². The number of anilines is 2. The summed E-state index contributed by atoms with van der Waals surface area (Å²) in [6.07, 6.45) is -4.71. The molecule has 1 aliphatic heterocycles. The van der Waals surface area contributed by atoms with Gasteiger partial charge in [-0.05, 0) is 51.2 Å². The number of carbonyl (C=O) groups is 2. The van der Waals surface area contributed by atoms with Crippen molar-refractivity contribution in [2.24, 2.45) is 0 Å². The number of nitrogens with one attached hydrogen (secondary N) is 1. The molecule has 7 nitrogen and oxygen atoms in total. The molecule has 1 amide bonds. The molecule has 0 spiro atoms. The van der Waals surface area contributed by atoms with E-state index in [1.807, 2.05) is 30.1 Å². The number of rotatable bonds is 5. The van der Waals surface area contributed by atoms with Crippen LogP contribution in [0.3, 0.4) is 0 Å². The molecule has 0 unspecified atom stereocenters. The SMILES string of the molecule is Cc1nn(-c2ccccc2)c(C)c1C(=O)C(=O)Nc1ccc(N2CCN(C)CC2)cc1C(F)(F)F. The number of carbonyl (C=O) groups excluding carboxylic acids is 2. The Labute approximate surface area is 201 Å². The van der Waals surface area contributed by atoms with E-state index in [2.05, 4.69) is 15.3 Å². The number of Topliss-reactive ketones (excluding diaryl/α,β-unsaturated/α-hetero) is 1. The number of halogens is 3. The van der Waals surface area contributed by atoms with Crippen molar-refractivity contribution in [1.29, 1.82) is 0 Å². The number of alkyl halides is 3. The molecule has 0 aliphatic carbocycles. The number of nitrogens with zero attached hydrogens (tertiary/aromatic N) is 4. The average molecular weight is 486 g/mol. The predicted octanol–water partition coefficient (Wildman–Crippen LogP) is 4.08. The molecule has 1 aliphatic rings. The van der Waals surface area contributed by atoms with Crippen LogP contribution in [0.15, 0.2) is 48.5 Å². The maximum atomic E-state index is 13.9. The number of aromatic nitrogens is 2. The molecular formula is C25H26F3N5O2. The third-order valence-electron chi connectivity index (χ3n) is 6.15. The molecule has 35 heavy (non-hydrogen) atoms. The van der Waals surface area contributed by atoms with E-state index in [9.17, 15) is 22.8 Å². The fourth-order valence-electron chi connectivity index (χ4n) is 4.22. The number of hydrogen-bond donors (Lipinski definition) is 1. The fourth-order valence-corrected chi connectivity index (χ4v) is 4.22. The topological polar surface area (TPSA) is 70.5 Å². The van der Waals surface area contributed by atoms with Gasteiger partial charge in [-0.25, -0.2) is 4.68 Å². The Hall–Kier alpha value is -3.66. The standard InChI is InChI=1S/C25H26F3N5O2/c1-16-22(17(2)33(30-16)18-7-5-4-6-8-18)23(34)24(35)29-21-10-9-19(15-20(21)25(26,27)28)32-13-11-31(3)12-14-32/h4-10,15H,11-14H2,1-3H3,(H,29,35). The third-order valence-corrected chi connectivity index (χ3v) is 6.15. The van der Waals surface area contributed by atoms with E-state index in [-0.39, 0.29) is 5.56 Å². The summed E-state index contributed by atoms with van der Waals surface area (Å²) < 4.78 is 43.2. The minimum Gasteiger partial charge on any atom is -0.369 e. The molecule has 1 fully saturated rings. The highest BCUT2D eigenvalue weighted by Gasteiger charge is 2.36. The number of hydrogen-bond acceptors (Lipinski definition) is 5. The summed E-state index contributed by atoms with van der Waals surface area (Å²) in [5.41, 5.74) is 0.470. The highest BCUT2D eigenvalue weighted by atomic mass is 19.4. The number of benzene rings is 2. The van der Waals surface area contributed by atoms with Gasteiger partial charge in [0.1, 0.15) is 0 Å². The van der Waals surface area contributed by atoms with Gasteiger partial charge >= 0.3 is 6.18 Å². The van der Waals surface area contributed by atoms with E-state index < -0.39 is 29.1 Å². The smallest absolute Gasteiger partial charge is 0.369 e.